The van der Waals surface area contributed by atoms with E-state index in [-0.39, 0.29) is 22.9 Å². The van der Waals surface area contributed by atoms with Crippen LogP contribution in [0.5, 0.6) is 0 Å². The Balaban J connectivity index is 0. The van der Waals surface area contributed by atoms with E-state index in [1.54, 1.807) is 14.1 Å². The summed E-state index contributed by atoms with van der Waals surface area (Å²) in [6.07, 6.45) is 4.10. The third kappa shape index (κ3) is 13.6. The summed E-state index contributed by atoms with van der Waals surface area (Å²) in [7, 11) is 3.24. The van der Waals surface area contributed by atoms with E-state index in [9.17, 15) is 19.2 Å². The fourth-order valence-corrected chi connectivity index (χ4v) is 3.03. The summed E-state index contributed by atoms with van der Waals surface area (Å²) in [5, 5.41) is 11.5. The van der Waals surface area contributed by atoms with Gasteiger partial charge in [-0.15, -0.1) is 0 Å². The first-order valence-electron chi connectivity index (χ1n) is 12.6. The number of rotatable bonds is 10. The number of carbonyl (C=O) groups excluding carboxylic acids is 3. The SMILES string of the molecule is C/C(=C\CN(C)C=O)C(=O)O.CC(NC(=O)C(N(C)C=O)C(C)(C)c1ccccc1)C(C)(C)C.CCC. The van der Waals surface area contributed by atoms with E-state index in [1.807, 2.05) is 51.1 Å². The van der Waals surface area contributed by atoms with Gasteiger partial charge in [0, 0.05) is 37.7 Å². The zero-order valence-electron chi connectivity index (χ0n) is 24.7. The van der Waals surface area contributed by atoms with E-state index in [2.05, 4.69) is 39.9 Å². The van der Waals surface area contributed by atoms with Crippen LogP contribution in [0, 0.1) is 5.41 Å². The number of carbonyl (C=O) groups is 4. The number of hydrogen-bond acceptors (Lipinski definition) is 4. The van der Waals surface area contributed by atoms with E-state index in [0.29, 0.717) is 13.0 Å². The van der Waals surface area contributed by atoms with Gasteiger partial charge < -0.3 is 20.2 Å². The molecule has 0 aromatic heterocycles. The molecule has 0 aliphatic heterocycles. The number of amides is 3. The molecule has 1 aromatic carbocycles. The number of carboxylic acid groups (broad SMARTS) is 1. The molecule has 37 heavy (non-hydrogen) atoms. The van der Waals surface area contributed by atoms with Crippen molar-refractivity contribution in [1.29, 1.82) is 0 Å². The second-order valence-electron chi connectivity index (χ2n) is 10.8. The molecule has 8 heteroatoms. The van der Waals surface area contributed by atoms with Crippen LogP contribution in [-0.4, -0.2) is 72.3 Å². The molecule has 1 rings (SSSR count). The minimum absolute atomic E-state index is 0.00382. The molecule has 1 aromatic rings. The van der Waals surface area contributed by atoms with Crippen LogP contribution in [0.2, 0.25) is 0 Å². The van der Waals surface area contributed by atoms with Gasteiger partial charge in [0.05, 0.1) is 0 Å². The minimum atomic E-state index is -0.954. The molecule has 0 fully saturated rings. The van der Waals surface area contributed by atoms with Crippen LogP contribution in [-0.2, 0) is 24.6 Å². The average molecular weight is 520 g/mol. The second-order valence-corrected chi connectivity index (χ2v) is 10.8. The Morgan fingerprint density at radius 1 is 1.00 bits per heavy atom. The number of nitrogens with one attached hydrogen (secondary N) is 1. The van der Waals surface area contributed by atoms with Gasteiger partial charge in [0.15, 0.2) is 0 Å². The third-order valence-corrected chi connectivity index (χ3v) is 5.88. The summed E-state index contributed by atoms with van der Waals surface area (Å²) in [4.78, 5) is 47.3. The Morgan fingerprint density at radius 2 is 1.49 bits per heavy atom. The molecule has 2 unspecified atom stereocenters. The van der Waals surface area contributed by atoms with Crippen molar-refractivity contribution in [2.75, 3.05) is 20.6 Å². The molecule has 0 aliphatic rings. The van der Waals surface area contributed by atoms with Crippen molar-refractivity contribution >= 4 is 24.7 Å². The van der Waals surface area contributed by atoms with Gasteiger partial charge in [-0.1, -0.05) is 91.3 Å². The molecule has 0 heterocycles. The fourth-order valence-electron chi connectivity index (χ4n) is 3.03. The number of benzene rings is 1. The standard InChI is InChI=1S/C19H30N2O2.C7H11NO3.C3H8/c1-14(18(2,3)4)20-17(23)16(21(7)13-22)19(5,6)15-11-9-8-10-12-15;1-6(7(10)11)3-4-8(2)5-9;1-3-2/h8-14,16H,1-7H3,(H,20,23);3,5H,4H2,1-2H3,(H,10,11);3H2,1-2H3/b;6-3+;. The summed E-state index contributed by atoms with van der Waals surface area (Å²) in [5.41, 5.74) is 0.728. The van der Waals surface area contributed by atoms with Crippen molar-refractivity contribution in [2.24, 2.45) is 5.41 Å². The molecule has 0 saturated carbocycles. The summed E-state index contributed by atoms with van der Waals surface area (Å²) in [5.74, 6) is -1.08. The van der Waals surface area contributed by atoms with Crippen molar-refractivity contribution in [1.82, 2.24) is 15.1 Å². The molecule has 0 spiro atoms. The molecule has 2 atom stereocenters. The van der Waals surface area contributed by atoms with Gasteiger partial charge in [-0.2, -0.15) is 0 Å². The summed E-state index contributed by atoms with van der Waals surface area (Å²) < 4.78 is 0. The minimum Gasteiger partial charge on any atom is -0.478 e. The Bertz CT molecular complexity index is 860. The van der Waals surface area contributed by atoms with Gasteiger partial charge in [-0.3, -0.25) is 14.4 Å². The summed E-state index contributed by atoms with van der Waals surface area (Å²) >= 11 is 0. The van der Waals surface area contributed by atoms with Crippen LogP contribution >= 0.6 is 0 Å². The largest absolute Gasteiger partial charge is 0.478 e. The van der Waals surface area contributed by atoms with Crippen molar-refractivity contribution in [3.8, 4) is 0 Å². The summed E-state index contributed by atoms with van der Waals surface area (Å²) in [6, 6.07) is 9.25. The van der Waals surface area contributed by atoms with Crippen LogP contribution < -0.4 is 5.32 Å². The van der Waals surface area contributed by atoms with E-state index in [1.165, 1.54) is 29.2 Å². The van der Waals surface area contributed by atoms with E-state index < -0.39 is 17.4 Å². The lowest BCUT2D eigenvalue weighted by Crippen LogP contribution is -2.57. The first-order chi connectivity index (χ1) is 17.0. The van der Waals surface area contributed by atoms with Crippen LogP contribution in [0.3, 0.4) is 0 Å². The molecule has 8 nitrogen and oxygen atoms in total. The maximum Gasteiger partial charge on any atom is 0.331 e. The fraction of sp³-hybridized carbons (Fsp3) is 0.586. The Hall–Kier alpha value is -3.16. The lowest BCUT2D eigenvalue weighted by molar-refractivity contribution is -0.135. The highest BCUT2D eigenvalue weighted by Gasteiger charge is 2.40. The van der Waals surface area contributed by atoms with Crippen molar-refractivity contribution in [2.45, 2.75) is 86.2 Å². The maximum absolute atomic E-state index is 12.9. The molecular formula is C29H49N3O5. The van der Waals surface area contributed by atoms with Gasteiger partial charge in [-0.25, -0.2) is 4.79 Å². The van der Waals surface area contributed by atoms with Crippen LogP contribution in [0.25, 0.3) is 0 Å². The smallest absolute Gasteiger partial charge is 0.331 e. The Labute approximate surface area is 224 Å². The number of hydrogen-bond donors (Lipinski definition) is 2. The molecule has 0 bridgehead atoms. The average Bonchev–Trinajstić information content (AvgIpc) is 2.82. The highest BCUT2D eigenvalue weighted by atomic mass is 16.4. The summed E-state index contributed by atoms with van der Waals surface area (Å²) in [6.45, 7) is 18.3. The molecule has 0 radical (unpaired) electrons. The predicted octanol–water partition coefficient (Wildman–Crippen LogP) is 4.49. The monoisotopic (exact) mass is 519 g/mol. The van der Waals surface area contributed by atoms with Crippen molar-refractivity contribution < 1.29 is 24.3 Å². The number of nitrogens with zero attached hydrogens (tertiary/aromatic N) is 2. The first kappa shape index (κ1) is 36.0. The number of aliphatic carboxylic acids is 1. The molecular weight excluding hydrogens is 470 g/mol. The first-order valence-corrected chi connectivity index (χ1v) is 12.6. The molecule has 0 aliphatic carbocycles. The van der Waals surface area contributed by atoms with E-state index in [4.69, 9.17) is 5.11 Å². The lowest BCUT2D eigenvalue weighted by Gasteiger charge is -2.39. The second kappa shape index (κ2) is 17.3. The quantitative estimate of drug-likeness (QED) is 0.350. The Kier molecular flexibility index (Phi) is 16.9. The zero-order chi connectivity index (χ0) is 29.4. The van der Waals surface area contributed by atoms with E-state index in [0.717, 1.165) is 12.0 Å². The van der Waals surface area contributed by atoms with Crippen LogP contribution in [0.15, 0.2) is 42.0 Å². The van der Waals surface area contributed by atoms with Crippen molar-refractivity contribution in [3.05, 3.63) is 47.5 Å². The van der Waals surface area contributed by atoms with Gasteiger partial charge in [0.25, 0.3) is 0 Å². The highest BCUT2D eigenvalue weighted by Crippen LogP contribution is 2.30. The lowest BCUT2D eigenvalue weighted by atomic mass is 9.76. The van der Waals surface area contributed by atoms with Crippen LogP contribution in [0.4, 0.5) is 0 Å². The zero-order valence-corrected chi connectivity index (χ0v) is 24.7. The topological polar surface area (TPSA) is 107 Å². The van der Waals surface area contributed by atoms with Crippen molar-refractivity contribution in [3.63, 3.8) is 0 Å². The number of likely N-dealkylation sites (N-methyl/N-ethyl adjacent to an activating group) is 2. The molecule has 0 saturated heterocycles. The third-order valence-electron chi connectivity index (χ3n) is 5.88. The van der Waals surface area contributed by atoms with Gasteiger partial charge in [0.1, 0.15) is 6.04 Å². The molecule has 210 valence electrons. The highest BCUT2D eigenvalue weighted by molar-refractivity contribution is 5.86. The van der Waals surface area contributed by atoms with Gasteiger partial charge in [-0.05, 0) is 24.8 Å². The van der Waals surface area contributed by atoms with Gasteiger partial charge >= 0.3 is 5.97 Å². The normalized spacial score (nSPS) is 12.9. The molecule has 3 amide bonds. The number of carboxylic acids is 1. The van der Waals surface area contributed by atoms with E-state index >= 15 is 0 Å². The molecule has 2 N–H and O–H groups in total. The van der Waals surface area contributed by atoms with Crippen LogP contribution in [0.1, 0.15) is 74.3 Å². The predicted molar refractivity (Wildman–Crippen MR) is 150 cm³/mol. The maximum atomic E-state index is 12.9. The Morgan fingerprint density at radius 3 is 1.86 bits per heavy atom. The van der Waals surface area contributed by atoms with Gasteiger partial charge in [0.2, 0.25) is 18.7 Å².